The highest BCUT2D eigenvalue weighted by atomic mass is 16.7. The van der Waals surface area contributed by atoms with Crippen molar-refractivity contribution in [2.75, 3.05) is 11.9 Å². The van der Waals surface area contributed by atoms with Gasteiger partial charge in [-0.15, -0.1) is 0 Å². The van der Waals surface area contributed by atoms with Crippen LogP contribution in [0.3, 0.4) is 0 Å². The molecule has 0 aromatic heterocycles. The number of benzene rings is 1. The standard InChI is InChI=1S/C18H22N2O6/c1-18(2,3)26-14(22)9-19-11-5-4-6-12-15(11)25-17(24-12)10-7-8-13(21)20-16(10)23/h4-6,10,17,19H,7-9H2,1-3H3,(H,20,21,23). The molecule has 1 aromatic carbocycles. The van der Waals surface area contributed by atoms with Crippen molar-refractivity contribution in [3.63, 3.8) is 0 Å². The smallest absolute Gasteiger partial charge is 0.325 e. The lowest BCUT2D eigenvalue weighted by atomic mass is 9.98. The normalized spacial score (nSPS) is 22.0. The van der Waals surface area contributed by atoms with Crippen LogP contribution in [0, 0.1) is 5.92 Å². The number of ether oxygens (including phenoxy) is 3. The maximum atomic E-state index is 12.0. The number of anilines is 1. The first-order valence-electron chi connectivity index (χ1n) is 8.49. The van der Waals surface area contributed by atoms with Gasteiger partial charge in [0.15, 0.2) is 11.5 Å². The highest BCUT2D eigenvalue weighted by molar-refractivity contribution is 5.98. The maximum Gasteiger partial charge on any atom is 0.325 e. The Bertz CT molecular complexity index is 740. The third kappa shape index (κ3) is 4.07. The Kier molecular flexibility index (Phi) is 4.76. The summed E-state index contributed by atoms with van der Waals surface area (Å²) in [5.74, 6) is -0.738. The Balaban J connectivity index is 1.65. The molecule has 2 unspecified atom stereocenters. The molecule has 8 heteroatoms. The number of fused-ring (bicyclic) bond motifs is 1. The van der Waals surface area contributed by atoms with E-state index in [4.69, 9.17) is 14.2 Å². The molecular formula is C18H22N2O6. The summed E-state index contributed by atoms with van der Waals surface area (Å²) in [6, 6.07) is 5.23. The second-order valence-electron chi connectivity index (χ2n) is 7.23. The molecule has 2 atom stereocenters. The molecule has 1 fully saturated rings. The van der Waals surface area contributed by atoms with Crippen molar-refractivity contribution in [1.29, 1.82) is 0 Å². The largest absolute Gasteiger partial charge is 0.459 e. The van der Waals surface area contributed by atoms with Crippen LogP contribution >= 0.6 is 0 Å². The molecule has 2 heterocycles. The molecule has 0 bridgehead atoms. The summed E-state index contributed by atoms with van der Waals surface area (Å²) < 4.78 is 16.8. The predicted molar refractivity (Wildman–Crippen MR) is 91.7 cm³/mol. The molecule has 2 aliphatic heterocycles. The van der Waals surface area contributed by atoms with Gasteiger partial charge in [0.1, 0.15) is 18.1 Å². The lowest BCUT2D eigenvalue weighted by Crippen LogP contribution is -2.47. The molecule has 1 saturated heterocycles. The molecule has 26 heavy (non-hydrogen) atoms. The fourth-order valence-corrected chi connectivity index (χ4v) is 2.81. The van der Waals surface area contributed by atoms with E-state index < -0.39 is 29.7 Å². The molecule has 0 radical (unpaired) electrons. The van der Waals surface area contributed by atoms with Crippen LogP contribution in [0.5, 0.6) is 11.5 Å². The summed E-state index contributed by atoms with van der Waals surface area (Å²) in [7, 11) is 0. The van der Waals surface area contributed by atoms with Crippen molar-refractivity contribution >= 4 is 23.5 Å². The first-order valence-corrected chi connectivity index (χ1v) is 8.49. The third-order valence-electron chi connectivity index (χ3n) is 3.91. The van der Waals surface area contributed by atoms with Crippen LogP contribution in [-0.2, 0) is 19.1 Å². The minimum Gasteiger partial charge on any atom is -0.459 e. The van der Waals surface area contributed by atoms with E-state index in [1.54, 1.807) is 39.0 Å². The summed E-state index contributed by atoms with van der Waals surface area (Å²) in [4.78, 5) is 35.2. The van der Waals surface area contributed by atoms with E-state index in [1.807, 2.05) is 0 Å². The summed E-state index contributed by atoms with van der Waals surface area (Å²) in [5.41, 5.74) is 0.0107. The number of rotatable bonds is 4. The van der Waals surface area contributed by atoms with Crippen LogP contribution in [0.25, 0.3) is 0 Å². The van der Waals surface area contributed by atoms with Gasteiger partial charge in [0.05, 0.1) is 5.69 Å². The minimum absolute atomic E-state index is 0.0276. The van der Waals surface area contributed by atoms with Crippen LogP contribution < -0.4 is 20.1 Å². The molecular weight excluding hydrogens is 340 g/mol. The number of nitrogens with one attached hydrogen (secondary N) is 2. The number of imide groups is 1. The summed E-state index contributed by atoms with van der Waals surface area (Å²) in [6.07, 6.45) is -0.188. The summed E-state index contributed by atoms with van der Waals surface area (Å²) in [5, 5.41) is 5.27. The Morgan fingerprint density at radius 1 is 1.31 bits per heavy atom. The van der Waals surface area contributed by atoms with E-state index in [2.05, 4.69) is 10.6 Å². The lowest BCUT2D eigenvalue weighted by Gasteiger charge is -2.24. The van der Waals surface area contributed by atoms with Crippen LogP contribution in [0.15, 0.2) is 18.2 Å². The van der Waals surface area contributed by atoms with Gasteiger partial charge in [0.25, 0.3) is 6.29 Å². The average molecular weight is 362 g/mol. The van der Waals surface area contributed by atoms with Gasteiger partial charge in [0, 0.05) is 6.42 Å². The van der Waals surface area contributed by atoms with Gasteiger partial charge in [-0.1, -0.05) is 6.07 Å². The van der Waals surface area contributed by atoms with Crippen molar-refractivity contribution in [3.05, 3.63) is 18.2 Å². The summed E-state index contributed by atoms with van der Waals surface area (Å²) >= 11 is 0. The molecule has 0 saturated carbocycles. The van der Waals surface area contributed by atoms with Crippen molar-refractivity contribution < 1.29 is 28.6 Å². The minimum atomic E-state index is -0.803. The first-order chi connectivity index (χ1) is 12.2. The van der Waals surface area contributed by atoms with Gasteiger partial charge in [-0.3, -0.25) is 19.7 Å². The van der Waals surface area contributed by atoms with Gasteiger partial charge in [0.2, 0.25) is 11.8 Å². The van der Waals surface area contributed by atoms with Gasteiger partial charge in [-0.2, -0.15) is 0 Å². The van der Waals surface area contributed by atoms with Crippen molar-refractivity contribution in [3.8, 4) is 11.5 Å². The Labute approximate surface area is 151 Å². The highest BCUT2D eigenvalue weighted by Gasteiger charge is 2.40. The van der Waals surface area contributed by atoms with Crippen LogP contribution in [0.1, 0.15) is 33.6 Å². The summed E-state index contributed by atoms with van der Waals surface area (Å²) in [6.45, 7) is 5.37. The van der Waals surface area contributed by atoms with E-state index in [0.29, 0.717) is 23.6 Å². The number of carbonyl (C=O) groups is 3. The second kappa shape index (κ2) is 6.86. The van der Waals surface area contributed by atoms with Gasteiger partial charge in [-0.05, 0) is 39.3 Å². The fourth-order valence-electron chi connectivity index (χ4n) is 2.81. The SMILES string of the molecule is CC(C)(C)OC(=O)CNc1cccc2c1OC(C1CCC(=O)NC1=O)O2. The Morgan fingerprint density at radius 2 is 2.08 bits per heavy atom. The number of hydrogen-bond donors (Lipinski definition) is 2. The molecule has 1 aromatic rings. The van der Waals surface area contributed by atoms with E-state index in [1.165, 1.54) is 0 Å². The predicted octanol–water partition coefficient (Wildman–Crippen LogP) is 1.59. The topological polar surface area (TPSA) is 103 Å². The zero-order valence-electron chi connectivity index (χ0n) is 15.0. The quantitative estimate of drug-likeness (QED) is 0.619. The molecule has 0 aliphatic carbocycles. The molecule has 140 valence electrons. The Hall–Kier alpha value is -2.77. The third-order valence-corrected chi connectivity index (χ3v) is 3.91. The van der Waals surface area contributed by atoms with Crippen molar-refractivity contribution in [2.24, 2.45) is 5.92 Å². The first kappa shape index (κ1) is 18.0. The molecule has 2 amide bonds. The zero-order valence-corrected chi connectivity index (χ0v) is 15.0. The lowest BCUT2D eigenvalue weighted by molar-refractivity contribution is -0.152. The number of esters is 1. The second-order valence-corrected chi connectivity index (χ2v) is 7.23. The molecule has 2 N–H and O–H groups in total. The van der Waals surface area contributed by atoms with E-state index in [-0.39, 0.29) is 18.9 Å². The fraction of sp³-hybridized carbons (Fsp3) is 0.500. The monoisotopic (exact) mass is 362 g/mol. The van der Waals surface area contributed by atoms with E-state index in [9.17, 15) is 14.4 Å². The van der Waals surface area contributed by atoms with Crippen molar-refractivity contribution in [2.45, 2.75) is 45.5 Å². The molecule has 2 aliphatic rings. The number of piperidine rings is 1. The van der Waals surface area contributed by atoms with Crippen LogP contribution in [-0.4, -0.2) is 36.2 Å². The molecule has 8 nitrogen and oxygen atoms in total. The van der Waals surface area contributed by atoms with E-state index in [0.717, 1.165) is 0 Å². The highest BCUT2D eigenvalue weighted by Crippen LogP contribution is 2.43. The Morgan fingerprint density at radius 3 is 2.77 bits per heavy atom. The van der Waals surface area contributed by atoms with Crippen LogP contribution in [0.4, 0.5) is 5.69 Å². The molecule has 3 rings (SSSR count). The van der Waals surface area contributed by atoms with Gasteiger partial charge >= 0.3 is 5.97 Å². The van der Waals surface area contributed by atoms with Gasteiger partial charge in [-0.25, -0.2) is 0 Å². The van der Waals surface area contributed by atoms with E-state index >= 15 is 0 Å². The maximum absolute atomic E-state index is 12.0. The molecule has 0 spiro atoms. The zero-order chi connectivity index (χ0) is 18.9. The number of carbonyl (C=O) groups excluding carboxylic acids is 3. The number of para-hydroxylation sites is 1. The number of hydrogen-bond acceptors (Lipinski definition) is 7. The van der Waals surface area contributed by atoms with Crippen molar-refractivity contribution in [1.82, 2.24) is 5.32 Å². The average Bonchev–Trinajstić information content (AvgIpc) is 2.95. The van der Waals surface area contributed by atoms with Crippen LogP contribution in [0.2, 0.25) is 0 Å². The van der Waals surface area contributed by atoms with Gasteiger partial charge < -0.3 is 19.5 Å². The number of amides is 2.